The lowest BCUT2D eigenvalue weighted by Gasteiger charge is -2.32. The number of ether oxygens (including phenoxy) is 1. The van der Waals surface area contributed by atoms with Gasteiger partial charge in [0.05, 0.1) is 11.9 Å². The summed E-state index contributed by atoms with van der Waals surface area (Å²) in [4.78, 5) is 18.7. The number of alkyl carbamates (subject to hydrolysis) is 1. The maximum Gasteiger partial charge on any atom is 0.407 e. The molecule has 6 nitrogen and oxygen atoms in total. The Balaban J connectivity index is 1.52. The van der Waals surface area contributed by atoms with Crippen molar-refractivity contribution in [2.45, 2.75) is 45.8 Å². The Kier molecular flexibility index (Phi) is 5.27. The fourth-order valence-corrected chi connectivity index (χ4v) is 3.33. The summed E-state index contributed by atoms with van der Waals surface area (Å²) < 4.78 is 7.46. The first-order valence-electron chi connectivity index (χ1n) is 9.01. The third-order valence-corrected chi connectivity index (χ3v) is 4.42. The molecule has 2 aromatic rings. The molecule has 1 aliphatic heterocycles. The number of hydrogen-bond donors (Lipinski definition) is 1. The van der Waals surface area contributed by atoms with Gasteiger partial charge in [-0.15, -0.1) is 0 Å². The molecule has 1 fully saturated rings. The zero-order chi connectivity index (χ0) is 17.9. The third-order valence-electron chi connectivity index (χ3n) is 4.42. The van der Waals surface area contributed by atoms with E-state index in [1.165, 1.54) is 5.69 Å². The number of piperidine rings is 1. The minimum Gasteiger partial charge on any atom is -0.444 e. The number of pyridine rings is 1. The van der Waals surface area contributed by atoms with E-state index >= 15 is 0 Å². The van der Waals surface area contributed by atoms with E-state index in [0.717, 1.165) is 38.1 Å². The summed E-state index contributed by atoms with van der Waals surface area (Å²) in [6.45, 7) is 9.26. The predicted molar refractivity (Wildman–Crippen MR) is 97.4 cm³/mol. The molecule has 0 spiro atoms. The molecule has 1 aliphatic rings. The molecule has 1 N–H and O–H groups in total. The van der Waals surface area contributed by atoms with Crippen LogP contribution in [0.1, 0.15) is 39.3 Å². The number of aromatic nitrogens is 2. The first-order chi connectivity index (χ1) is 11.9. The van der Waals surface area contributed by atoms with Crippen LogP contribution in [0.5, 0.6) is 0 Å². The molecule has 0 aliphatic carbocycles. The molecule has 0 aromatic carbocycles. The second-order valence-corrected chi connectivity index (χ2v) is 7.80. The standard InChI is InChI=1S/C19H28N4O2/c1-19(2,3)25-18(24)21-11-15-7-6-9-22(13-15)14-16-12-20-17-8-4-5-10-23(16)17/h4-5,8,10,12,15H,6-7,9,11,13-14H2,1-3H3,(H,21,24). The highest BCUT2D eigenvalue weighted by atomic mass is 16.6. The largest absolute Gasteiger partial charge is 0.444 e. The first kappa shape index (κ1) is 17.7. The minimum absolute atomic E-state index is 0.327. The van der Waals surface area contributed by atoms with Crippen molar-refractivity contribution in [2.75, 3.05) is 19.6 Å². The highest BCUT2D eigenvalue weighted by molar-refractivity contribution is 5.67. The van der Waals surface area contributed by atoms with Crippen LogP contribution in [0.25, 0.3) is 5.65 Å². The second-order valence-electron chi connectivity index (χ2n) is 7.80. The summed E-state index contributed by atoms with van der Waals surface area (Å²) in [5.74, 6) is 0.459. The van der Waals surface area contributed by atoms with Crippen LogP contribution in [0, 0.1) is 5.92 Å². The lowest BCUT2D eigenvalue weighted by Crippen LogP contribution is -2.42. The van der Waals surface area contributed by atoms with Crippen LogP contribution in [0.2, 0.25) is 0 Å². The normalized spacial score (nSPS) is 19.1. The van der Waals surface area contributed by atoms with Crippen LogP contribution >= 0.6 is 0 Å². The van der Waals surface area contributed by atoms with Crippen molar-refractivity contribution in [3.8, 4) is 0 Å². The summed E-state index contributed by atoms with van der Waals surface area (Å²) in [6.07, 6.45) is 5.98. The van der Waals surface area contributed by atoms with E-state index in [9.17, 15) is 4.79 Å². The number of imidazole rings is 1. The molecule has 1 amide bonds. The molecule has 1 saturated heterocycles. The van der Waals surface area contributed by atoms with Crippen molar-refractivity contribution >= 4 is 11.7 Å². The van der Waals surface area contributed by atoms with Crippen LogP contribution in [-0.4, -0.2) is 45.6 Å². The van der Waals surface area contributed by atoms with Gasteiger partial charge in [0.25, 0.3) is 0 Å². The van der Waals surface area contributed by atoms with Crippen LogP contribution in [-0.2, 0) is 11.3 Å². The number of carbonyl (C=O) groups excluding carboxylic acids is 1. The van der Waals surface area contributed by atoms with E-state index in [1.807, 2.05) is 45.2 Å². The molecule has 136 valence electrons. The zero-order valence-corrected chi connectivity index (χ0v) is 15.4. The highest BCUT2D eigenvalue weighted by Crippen LogP contribution is 2.19. The molecule has 0 radical (unpaired) electrons. The van der Waals surface area contributed by atoms with Crippen LogP contribution in [0.15, 0.2) is 30.6 Å². The fraction of sp³-hybridized carbons (Fsp3) is 0.579. The Morgan fingerprint density at radius 3 is 3.04 bits per heavy atom. The van der Waals surface area contributed by atoms with Crippen LogP contribution < -0.4 is 5.32 Å². The maximum atomic E-state index is 11.8. The van der Waals surface area contributed by atoms with E-state index in [4.69, 9.17) is 4.74 Å². The van der Waals surface area contributed by atoms with Gasteiger partial charge in [0.1, 0.15) is 11.2 Å². The zero-order valence-electron chi connectivity index (χ0n) is 15.4. The molecule has 3 heterocycles. The maximum absolute atomic E-state index is 11.8. The Hall–Kier alpha value is -2.08. The summed E-state index contributed by atoms with van der Waals surface area (Å²) in [6, 6.07) is 6.06. The van der Waals surface area contributed by atoms with Crippen molar-refractivity contribution in [3.05, 3.63) is 36.3 Å². The average molecular weight is 344 g/mol. The van der Waals surface area contributed by atoms with Gasteiger partial charge in [-0.05, 0) is 58.2 Å². The molecule has 1 unspecified atom stereocenters. The first-order valence-corrected chi connectivity index (χ1v) is 9.01. The van der Waals surface area contributed by atoms with Gasteiger partial charge < -0.3 is 14.5 Å². The highest BCUT2D eigenvalue weighted by Gasteiger charge is 2.22. The lowest BCUT2D eigenvalue weighted by atomic mass is 9.98. The fourth-order valence-electron chi connectivity index (χ4n) is 3.33. The number of carbonyl (C=O) groups is 1. The summed E-state index contributed by atoms with van der Waals surface area (Å²) in [5, 5.41) is 2.91. The van der Waals surface area contributed by atoms with Crippen molar-refractivity contribution in [1.82, 2.24) is 19.6 Å². The topological polar surface area (TPSA) is 58.9 Å². The van der Waals surface area contributed by atoms with Crippen molar-refractivity contribution in [3.63, 3.8) is 0 Å². The number of nitrogens with zero attached hydrogens (tertiary/aromatic N) is 3. The number of fused-ring (bicyclic) bond motifs is 1. The Bertz CT molecular complexity index is 720. The molecular formula is C19H28N4O2. The summed E-state index contributed by atoms with van der Waals surface area (Å²) in [5.41, 5.74) is 1.74. The molecule has 6 heteroatoms. The quantitative estimate of drug-likeness (QED) is 0.926. The van der Waals surface area contributed by atoms with E-state index in [0.29, 0.717) is 12.5 Å². The van der Waals surface area contributed by atoms with E-state index < -0.39 is 5.60 Å². The molecule has 2 aromatic heterocycles. The van der Waals surface area contributed by atoms with E-state index in [-0.39, 0.29) is 6.09 Å². The minimum atomic E-state index is -0.453. The van der Waals surface area contributed by atoms with Gasteiger partial charge in [0.2, 0.25) is 0 Å². The van der Waals surface area contributed by atoms with Crippen LogP contribution in [0.4, 0.5) is 4.79 Å². The third kappa shape index (κ3) is 4.95. The number of rotatable bonds is 4. The van der Waals surface area contributed by atoms with Crippen molar-refractivity contribution in [2.24, 2.45) is 5.92 Å². The number of likely N-dealkylation sites (tertiary alicyclic amines) is 1. The second kappa shape index (κ2) is 7.44. The van der Waals surface area contributed by atoms with Gasteiger partial charge in [-0.3, -0.25) is 4.90 Å². The average Bonchev–Trinajstić information content (AvgIpc) is 2.95. The predicted octanol–water partition coefficient (Wildman–Crippen LogP) is 3.07. The van der Waals surface area contributed by atoms with Gasteiger partial charge in [-0.25, -0.2) is 9.78 Å². The molecule has 0 saturated carbocycles. The Morgan fingerprint density at radius 1 is 1.40 bits per heavy atom. The molecule has 0 bridgehead atoms. The smallest absolute Gasteiger partial charge is 0.407 e. The van der Waals surface area contributed by atoms with Gasteiger partial charge in [0, 0.05) is 25.8 Å². The van der Waals surface area contributed by atoms with Gasteiger partial charge in [-0.2, -0.15) is 0 Å². The van der Waals surface area contributed by atoms with Gasteiger partial charge >= 0.3 is 6.09 Å². The molecule has 1 atom stereocenters. The van der Waals surface area contributed by atoms with Crippen molar-refractivity contribution in [1.29, 1.82) is 0 Å². The van der Waals surface area contributed by atoms with E-state index in [2.05, 4.69) is 25.8 Å². The number of amides is 1. The van der Waals surface area contributed by atoms with E-state index in [1.54, 1.807) is 0 Å². The number of nitrogens with one attached hydrogen (secondary N) is 1. The van der Waals surface area contributed by atoms with Gasteiger partial charge in [-0.1, -0.05) is 6.07 Å². The number of hydrogen-bond acceptors (Lipinski definition) is 4. The molecule has 25 heavy (non-hydrogen) atoms. The Labute approximate surface area is 149 Å². The molecule has 3 rings (SSSR count). The van der Waals surface area contributed by atoms with Crippen LogP contribution in [0.3, 0.4) is 0 Å². The SMILES string of the molecule is CC(C)(C)OC(=O)NCC1CCCN(Cc2cnc3ccccn23)C1. The Morgan fingerprint density at radius 2 is 2.24 bits per heavy atom. The summed E-state index contributed by atoms with van der Waals surface area (Å²) in [7, 11) is 0. The monoisotopic (exact) mass is 344 g/mol. The summed E-state index contributed by atoms with van der Waals surface area (Å²) >= 11 is 0. The molecular weight excluding hydrogens is 316 g/mol. The van der Waals surface area contributed by atoms with Gasteiger partial charge in [0.15, 0.2) is 0 Å². The van der Waals surface area contributed by atoms with Crippen molar-refractivity contribution < 1.29 is 9.53 Å². The lowest BCUT2D eigenvalue weighted by molar-refractivity contribution is 0.0506.